The van der Waals surface area contributed by atoms with Crippen LogP contribution in [0, 0.1) is 16.7 Å². The van der Waals surface area contributed by atoms with Gasteiger partial charge in [0, 0.05) is 24.5 Å². The Labute approximate surface area is 176 Å². The quantitative estimate of drug-likeness (QED) is 0.627. The smallest absolute Gasteiger partial charge is 0.344 e. The van der Waals surface area contributed by atoms with Crippen LogP contribution in [0.3, 0.4) is 0 Å². The second-order valence-corrected chi connectivity index (χ2v) is 7.23. The van der Waals surface area contributed by atoms with Crippen molar-refractivity contribution in [3.05, 3.63) is 47.7 Å². The van der Waals surface area contributed by atoms with Crippen LogP contribution >= 0.6 is 0 Å². The number of benzene rings is 1. The molecular formula is C22H28F2N4O2. The monoisotopic (exact) mass is 418 g/mol. The molecule has 8 heteroatoms. The van der Waals surface area contributed by atoms with Gasteiger partial charge in [-0.15, -0.1) is 0 Å². The van der Waals surface area contributed by atoms with Gasteiger partial charge in [-0.3, -0.25) is 0 Å². The van der Waals surface area contributed by atoms with Crippen LogP contribution < -0.4 is 10.6 Å². The normalized spacial score (nSPS) is 19.8. The van der Waals surface area contributed by atoms with E-state index in [1.165, 1.54) is 6.92 Å². The van der Waals surface area contributed by atoms with Crippen LogP contribution in [0.2, 0.25) is 0 Å². The molecule has 30 heavy (non-hydrogen) atoms. The number of nitrogens with zero attached hydrogens (tertiary/aromatic N) is 2. The molecular weight excluding hydrogens is 390 g/mol. The van der Waals surface area contributed by atoms with Crippen molar-refractivity contribution in [1.29, 1.82) is 5.26 Å². The van der Waals surface area contributed by atoms with Crippen molar-refractivity contribution in [2.24, 2.45) is 5.41 Å². The molecule has 1 aromatic carbocycles. The van der Waals surface area contributed by atoms with E-state index >= 15 is 0 Å². The Bertz CT molecular complexity index is 861. The van der Waals surface area contributed by atoms with E-state index in [0.29, 0.717) is 35.7 Å². The molecule has 1 heterocycles. The van der Waals surface area contributed by atoms with Crippen LogP contribution in [0.1, 0.15) is 39.7 Å². The first-order valence-electron chi connectivity index (χ1n) is 9.91. The summed E-state index contributed by atoms with van der Waals surface area (Å²) in [6, 6.07) is 8.92. The molecule has 0 radical (unpaired) electrons. The standard InChI is InChI=1S/C22H28F2N4O2/c1-6-12-26-21(29)27-17-10-8-16(9-11-17)19-18(13-25)22(5,14(3)28(19)7-2)15(4)30-20(23)24/h8-11,15,20H,3,6-7,12H2,1-2,4-5H3,(H2,26,27,29)/t15?,22-/m1/s1. The maximum atomic E-state index is 12.9. The molecule has 1 aliphatic heterocycles. The van der Waals surface area contributed by atoms with Gasteiger partial charge < -0.3 is 20.3 Å². The average Bonchev–Trinajstić information content (AvgIpc) is 2.94. The molecule has 2 atom stereocenters. The molecule has 162 valence electrons. The summed E-state index contributed by atoms with van der Waals surface area (Å²) in [5, 5.41) is 15.4. The van der Waals surface area contributed by atoms with E-state index in [1.54, 1.807) is 31.2 Å². The van der Waals surface area contributed by atoms with Gasteiger partial charge in [-0.05, 0) is 44.9 Å². The summed E-state index contributed by atoms with van der Waals surface area (Å²) in [6.07, 6.45) is -0.116. The highest BCUT2D eigenvalue weighted by atomic mass is 19.3. The molecule has 0 bridgehead atoms. The lowest BCUT2D eigenvalue weighted by Gasteiger charge is -2.34. The zero-order valence-corrected chi connectivity index (χ0v) is 17.8. The topological polar surface area (TPSA) is 77.4 Å². The number of urea groups is 1. The molecule has 1 aromatic rings. The highest BCUT2D eigenvalue weighted by Gasteiger charge is 2.49. The lowest BCUT2D eigenvalue weighted by Crippen LogP contribution is -2.37. The number of nitrogens with one attached hydrogen (secondary N) is 2. The van der Waals surface area contributed by atoms with Crippen LogP contribution in [0.4, 0.5) is 19.3 Å². The summed E-state index contributed by atoms with van der Waals surface area (Å²) in [5.74, 6) is 0. The number of carbonyl (C=O) groups is 1. The highest BCUT2D eigenvalue weighted by Crippen LogP contribution is 2.52. The number of carbonyl (C=O) groups excluding carboxylic acids is 1. The van der Waals surface area contributed by atoms with Gasteiger partial charge in [0.05, 0.1) is 28.9 Å². The van der Waals surface area contributed by atoms with Crippen LogP contribution in [0.5, 0.6) is 0 Å². The number of halogens is 2. The molecule has 0 fully saturated rings. The average molecular weight is 418 g/mol. The molecule has 0 saturated heterocycles. The fraction of sp³-hybridized carbons (Fsp3) is 0.455. The zero-order chi connectivity index (χ0) is 22.5. The number of nitriles is 1. The molecule has 0 saturated carbocycles. The van der Waals surface area contributed by atoms with Crippen LogP contribution in [0.15, 0.2) is 42.1 Å². The minimum absolute atomic E-state index is 0.295. The van der Waals surface area contributed by atoms with Crippen LogP contribution in [-0.2, 0) is 4.74 Å². The third-order valence-electron chi connectivity index (χ3n) is 5.45. The molecule has 1 unspecified atom stereocenters. The first-order valence-corrected chi connectivity index (χ1v) is 9.91. The number of alkyl halides is 2. The molecule has 0 spiro atoms. The van der Waals surface area contributed by atoms with Crippen molar-refractivity contribution in [3.63, 3.8) is 0 Å². The van der Waals surface area contributed by atoms with Gasteiger partial charge >= 0.3 is 12.6 Å². The Hall–Kier alpha value is -2.92. The van der Waals surface area contributed by atoms with Gasteiger partial charge in [-0.2, -0.15) is 14.0 Å². The van der Waals surface area contributed by atoms with Crippen molar-refractivity contribution in [2.75, 3.05) is 18.4 Å². The van der Waals surface area contributed by atoms with Crippen LogP contribution in [-0.4, -0.2) is 36.7 Å². The van der Waals surface area contributed by atoms with Gasteiger partial charge in [0.15, 0.2) is 0 Å². The maximum Gasteiger partial charge on any atom is 0.345 e. The van der Waals surface area contributed by atoms with Gasteiger partial charge in [0.25, 0.3) is 0 Å². The summed E-state index contributed by atoms with van der Waals surface area (Å²) in [7, 11) is 0. The van der Waals surface area contributed by atoms with Gasteiger partial charge in [-0.1, -0.05) is 25.6 Å². The van der Waals surface area contributed by atoms with Crippen molar-refractivity contribution < 1.29 is 18.3 Å². The van der Waals surface area contributed by atoms with E-state index in [1.807, 2.05) is 18.7 Å². The van der Waals surface area contributed by atoms with Crippen LogP contribution in [0.25, 0.3) is 5.70 Å². The van der Waals surface area contributed by atoms with E-state index in [9.17, 15) is 18.8 Å². The number of amides is 2. The Kier molecular flexibility index (Phi) is 7.57. The maximum absolute atomic E-state index is 12.9. The number of anilines is 1. The minimum atomic E-state index is -2.95. The van der Waals surface area contributed by atoms with E-state index in [0.717, 1.165) is 12.0 Å². The molecule has 2 rings (SSSR count). The number of ether oxygens (including phenoxy) is 1. The Balaban J connectivity index is 2.41. The SMILES string of the molecule is C=C1N(CC)C(c2ccc(NC(=O)NCCC)cc2)=C(C#N)[C@@]1(C)C(C)OC(F)F. The number of hydrogen-bond acceptors (Lipinski definition) is 4. The minimum Gasteiger partial charge on any atom is -0.344 e. The lowest BCUT2D eigenvalue weighted by molar-refractivity contribution is -0.176. The lowest BCUT2D eigenvalue weighted by atomic mass is 9.76. The Morgan fingerprint density at radius 2 is 1.97 bits per heavy atom. The third-order valence-corrected chi connectivity index (χ3v) is 5.45. The van der Waals surface area contributed by atoms with E-state index in [4.69, 9.17) is 4.74 Å². The van der Waals surface area contributed by atoms with Crippen molar-refractivity contribution in [1.82, 2.24) is 10.2 Å². The van der Waals surface area contributed by atoms with Gasteiger partial charge in [-0.25, -0.2) is 4.79 Å². The second-order valence-electron chi connectivity index (χ2n) is 7.23. The first-order chi connectivity index (χ1) is 14.2. The summed E-state index contributed by atoms with van der Waals surface area (Å²) >= 11 is 0. The second kappa shape index (κ2) is 9.72. The third kappa shape index (κ3) is 4.46. The predicted octanol–water partition coefficient (Wildman–Crippen LogP) is 4.94. The van der Waals surface area contributed by atoms with Crippen molar-refractivity contribution in [3.8, 4) is 6.07 Å². The Morgan fingerprint density at radius 3 is 2.47 bits per heavy atom. The van der Waals surface area contributed by atoms with Crippen molar-refractivity contribution >= 4 is 17.4 Å². The Morgan fingerprint density at radius 1 is 1.33 bits per heavy atom. The van der Waals surface area contributed by atoms with Crippen molar-refractivity contribution in [2.45, 2.75) is 46.8 Å². The highest BCUT2D eigenvalue weighted by molar-refractivity contribution is 5.89. The number of rotatable bonds is 8. The molecule has 6 nitrogen and oxygen atoms in total. The fourth-order valence-electron chi connectivity index (χ4n) is 3.61. The van der Waals surface area contributed by atoms with E-state index < -0.39 is 18.1 Å². The van der Waals surface area contributed by atoms with Gasteiger partial charge in [0.2, 0.25) is 0 Å². The summed E-state index contributed by atoms with van der Waals surface area (Å²) in [5.41, 5.74) is 1.70. The largest absolute Gasteiger partial charge is 0.345 e. The summed E-state index contributed by atoms with van der Waals surface area (Å²) in [6.45, 7) is 9.31. The predicted molar refractivity (Wildman–Crippen MR) is 112 cm³/mol. The van der Waals surface area contributed by atoms with E-state index in [2.05, 4.69) is 23.3 Å². The fourth-order valence-corrected chi connectivity index (χ4v) is 3.61. The molecule has 0 aromatic heterocycles. The summed E-state index contributed by atoms with van der Waals surface area (Å²) < 4.78 is 30.5. The van der Waals surface area contributed by atoms with Gasteiger partial charge in [0.1, 0.15) is 0 Å². The first kappa shape index (κ1) is 23.4. The summed E-state index contributed by atoms with van der Waals surface area (Å²) in [4.78, 5) is 13.7. The molecule has 1 aliphatic rings. The van der Waals surface area contributed by atoms with E-state index in [-0.39, 0.29) is 6.03 Å². The molecule has 2 amide bonds. The number of hydrogen-bond donors (Lipinski definition) is 2. The molecule has 0 aliphatic carbocycles. The molecule has 2 N–H and O–H groups in total. The zero-order valence-electron chi connectivity index (χ0n) is 17.8.